The number of anilines is 1. The van der Waals surface area contributed by atoms with Crippen LogP contribution in [0, 0.1) is 6.92 Å². The van der Waals surface area contributed by atoms with Crippen molar-refractivity contribution in [1.29, 1.82) is 0 Å². The molecule has 110 valence electrons. The molecule has 0 saturated heterocycles. The van der Waals surface area contributed by atoms with E-state index in [2.05, 4.69) is 5.32 Å². The zero-order valence-electron chi connectivity index (χ0n) is 12.3. The Kier molecular flexibility index (Phi) is 4.95. The summed E-state index contributed by atoms with van der Waals surface area (Å²) in [6, 6.07) is 14.7. The van der Waals surface area contributed by atoms with Crippen LogP contribution in [0.15, 0.2) is 48.5 Å². The lowest BCUT2D eigenvalue weighted by Crippen LogP contribution is -2.37. The lowest BCUT2D eigenvalue weighted by molar-refractivity contribution is -0.117. The first kappa shape index (κ1) is 15.1. The molecule has 0 aliphatic rings. The normalized spacial score (nSPS) is 11.8. The second kappa shape index (κ2) is 6.90. The average Bonchev–Trinajstić information content (AvgIpc) is 2.50. The smallest absolute Gasteiger partial charge is 0.241 e. The van der Waals surface area contributed by atoms with Crippen molar-refractivity contribution in [2.45, 2.75) is 19.4 Å². The fourth-order valence-corrected chi connectivity index (χ4v) is 2.09. The maximum absolute atomic E-state index is 12.2. The molecule has 0 spiro atoms. The fourth-order valence-electron chi connectivity index (χ4n) is 2.09. The lowest BCUT2D eigenvalue weighted by atomic mass is 10.1. The quantitative estimate of drug-likeness (QED) is 0.886. The van der Waals surface area contributed by atoms with Crippen LogP contribution in [0.4, 0.5) is 5.69 Å². The Bertz CT molecular complexity index is 611. The highest BCUT2D eigenvalue weighted by Crippen LogP contribution is 2.21. The van der Waals surface area contributed by atoms with Gasteiger partial charge in [0.05, 0.1) is 13.2 Å². The number of nitrogens with two attached hydrogens (primary N) is 1. The molecular formula is C17H20N2O2. The van der Waals surface area contributed by atoms with Crippen LogP contribution < -0.4 is 15.8 Å². The number of hydrogen-bond acceptors (Lipinski definition) is 3. The van der Waals surface area contributed by atoms with Gasteiger partial charge in [-0.25, -0.2) is 0 Å². The van der Waals surface area contributed by atoms with Gasteiger partial charge in [-0.05, 0) is 42.7 Å². The van der Waals surface area contributed by atoms with E-state index < -0.39 is 6.04 Å². The molecule has 4 heteroatoms. The molecule has 21 heavy (non-hydrogen) atoms. The van der Waals surface area contributed by atoms with Gasteiger partial charge >= 0.3 is 0 Å². The molecule has 4 nitrogen and oxygen atoms in total. The predicted molar refractivity (Wildman–Crippen MR) is 84.5 cm³/mol. The Morgan fingerprint density at radius 2 is 1.95 bits per heavy atom. The van der Waals surface area contributed by atoms with Crippen LogP contribution in [0.1, 0.15) is 11.1 Å². The zero-order chi connectivity index (χ0) is 15.2. The van der Waals surface area contributed by atoms with Crippen LogP contribution >= 0.6 is 0 Å². The van der Waals surface area contributed by atoms with Gasteiger partial charge in [-0.3, -0.25) is 4.79 Å². The highest BCUT2D eigenvalue weighted by atomic mass is 16.5. The summed E-state index contributed by atoms with van der Waals surface area (Å²) in [4.78, 5) is 12.2. The maximum atomic E-state index is 12.2. The Morgan fingerprint density at radius 1 is 1.24 bits per heavy atom. The number of rotatable bonds is 5. The summed E-state index contributed by atoms with van der Waals surface area (Å²) in [5.41, 5.74) is 8.71. The summed E-state index contributed by atoms with van der Waals surface area (Å²) in [6.45, 7) is 1.92. The van der Waals surface area contributed by atoms with Gasteiger partial charge in [0.2, 0.25) is 5.91 Å². The molecule has 0 unspecified atom stereocenters. The van der Waals surface area contributed by atoms with Gasteiger partial charge in [-0.2, -0.15) is 0 Å². The Balaban J connectivity index is 2.00. The molecule has 1 atom stereocenters. The van der Waals surface area contributed by atoms with E-state index in [4.69, 9.17) is 10.5 Å². The summed E-state index contributed by atoms with van der Waals surface area (Å²) >= 11 is 0. The largest absolute Gasteiger partial charge is 0.497 e. The standard InChI is InChI=1S/C17H20N2O2/c1-12-10-14(21-2)8-9-16(12)19-17(20)15(18)11-13-6-4-3-5-7-13/h3-10,15H,11,18H2,1-2H3,(H,19,20)/t15-/m0/s1. The van der Waals surface area contributed by atoms with E-state index >= 15 is 0 Å². The first-order chi connectivity index (χ1) is 10.1. The number of benzene rings is 2. The zero-order valence-corrected chi connectivity index (χ0v) is 12.3. The number of aryl methyl sites for hydroxylation is 1. The number of carbonyl (C=O) groups is 1. The molecule has 1 amide bonds. The van der Waals surface area contributed by atoms with E-state index in [1.54, 1.807) is 7.11 Å². The van der Waals surface area contributed by atoms with Crippen molar-refractivity contribution in [2.24, 2.45) is 5.73 Å². The lowest BCUT2D eigenvalue weighted by Gasteiger charge is -2.14. The molecular weight excluding hydrogens is 264 g/mol. The van der Waals surface area contributed by atoms with Crippen molar-refractivity contribution in [1.82, 2.24) is 0 Å². The molecule has 0 heterocycles. The summed E-state index contributed by atoms with van der Waals surface area (Å²) in [5, 5.41) is 2.86. The average molecular weight is 284 g/mol. The van der Waals surface area contributed by atoms with Gasteiger partial charge in [-0.1, -0.05) is 30.3 Å². The molecule has 0 saturated carbocycles. The van der Waals surface area contributed by atoms with Crippen LogP contribution in [0.5, 0.6) is 5.75 Å². The third-order valence-electron chi connectivity index (χ3n) is 3.33. The second-order valence-electron chi connectivity index (χ2n) is 4.97. The van der Waals surface area contributed by atoms with Gasteiger partial charge in [0.25, 0.3) is 0 Å². The predicted octanol–water partition coefficient (Wildman–Crippen LogP) is 2.51. The molecule has 0 fully saturated rings. The number of amides is 1. The number of methoxy groups -OCH3 is 1. The fraction of sp³-hybridized carbons (Fsp3) is 0.235. The van der Waals surface area contributed by atoms with Gasteiger partial charge in [-0.15, -0.1) is 0 Å². The summed E-state index contributed by atoms with van der Waals surface area (Å²) in [6.07, 6.45) is 0.516. The highest BCUT2D eigenvalue weighted by molar-refractivity contribution is 5.95. The summed E-state index contributed by atoms with van der Waals surface area (Å²) < 4.78 is 5.14. The SMILES string of the molecule is COc1ccc(NC(=O)[C@@H](N)Cc2ccccc2)c(C)c1. The van der Waals surface area contributed by atoms with Crippen LogP contribution in [0.25, 0.3) is 0 Å². The van der Waals surface area contributed by atoms with Crippen molar-refractivity contribution in [3.05, 3.63) is 59.7 Å². The van der Waals surface area contributed by atoms with Crippen LogP contribution in [-0.2, 0) is 11.2 Å². The van der Waals surface area contributed by atoms with Crippen LogP contribution in [-0.4, -0.2) is 19.1 Å². The first-order valence-corrected chi connectivity index (χ1v) is 6.85. The molecule has 0 radical (unpaired) electrons. The second-order valence-corrected chi connectivity index (χ2v) is 4.97. The van der Waals surface area contributed by atoms with Crippen LogP contribution in [0.3, 0.4) is 0 Å². The Labute approximate surface area is 124 Å². The van der Waals surface area contributed by atoms with E-state index in [0.29, 0.717) is 6.42 Å². The molecule has 0 aliphatic carbocycles. The number of hydrogen-bond donors (Lipinski definition) is 2. The molecule has 0 bridgehead atoms. The van der Waals surface area contributed by atoms with E-state index in [-0.39, 0.29) is 5.91 Å². The van der Waals surface area contributed by atoms with E-state index in [1.165, 1.54) is 0 Å². The van der Waals surface area contributed by atoms with Gasteiger partial charge in [0.15, 0.2) is 0 Å². The maximum Gasteiger partial charge on any atom is 0.241 e. The van der Waals surface area contributed by atoms with Crippen LogP contribution in [0.2, 0.25) is 0 Å². The Hall–Kier alpha value is -2.33. The third kappa shape index (κ3) is 4.07. The van der Waals surface area contributed by atoms with Gasteiger partial charge < -0.3 is 15.8 Å². The first-order valence-electron chi connectivity index (χ1n) is 6.85. The van der Waals surface area contributed by atoms with Gasteiger partial charge in [0.1, 0.15) is 5.75 Å². The van der Waals surface area contributed by atoms with Crippen molar-refractivity contribution in [3.63, 3.8) is 0 Å². The molecule has 0 aliphatic heterocycles. The van der Waals surface area contributed by atoms with Gasteiger partial charge in [0, 0.05) is 5.69 Å². The molecule has 2 aromatic carbocycles. The highest BCUT2D eigenvalue weighted by Gasteiger charge is 2.15. The van der Waals surface area contributed by atoms with Crippen molar-refractivity contribution < 1.29 is 9.53 Å². The van der Waals surface area contributed by atoms with E-state index in [1.807, 2.05) is 55.5 Å². The Morgan fingerprint density at radius 3 is 2.57 bits per heavy atom. The molecule has 0 aromatic heterocycles. The monoisotopic (exact) mass is 284 g/mol. The van der Waals surface area contributed by atoms with Crippen molar-refractivity contribution >= 4 is 11.6 Å². The molecule has 2 rings (SSSR count). The summed E-state index contributed by atoms with van der Waals surface area (Å²) in [5.74, 6) is 0.575. The topological polar surface area (TPSA) is 64.3 Å². The minimum absolute atomic E-state index is 0.188. The minimum atomic E-state index is -0.575. The minimum Gasteiger partial charge on any atom is -0.497 e. The molecule has 2 aromatic rings. The van der Waals surface area contributed by atoms with E-state index in [0.717, 1.165) is 22.6 Å². The number of carbonyl (C=O) groups excluding carboxylic acids is 1. The molecule has 3 N–H and O–H groups in total. The third-order valence-corrected chi connectivity index (χ3v) is 3.33. The van der Waals surface area contributed by atoms with Crippen molar-refractivity contribution in [2.75, 3.05) is 12.4 Å². The van der Waals surface area contributed by atoms with Crippen molar-refractivity contribution in [3.8, 4) is 5.75 Å². The van der Waals surface area contributed by atoms with E-state index in [9.17, 15) is 4.79 Å². The number of ether oxygens (including phenoxy) is 1. The summed E-state index contributed by atoms with van der Waals surface area (Å²) in [7, 11) is 1.61. The number of nitrogens with one attached hydrogen (secondary N) is 1.